The smallest absolute Gasteiger partial charge is 0.337 e. The first-order chi connectivity index (χ1) is 16.5. The zero-order valence-corrected chi connectivity index (χ0v) is 21.1. The maximum absolute atomic E-state index is 12.6. The lowest BCUT2D eigenvalue weighted by molar-refractivity contribution is -0.160. The number of nitrogens with one attached hydrogen (secondary N) is 1. The van der Waals surface area contributed by atoms with Gasteiger partial charge in [-0.2, -0.15) is 0 Å². The summed E-state index contributed by atoms with van der Waals surface area (Å²) in [4.78, 5) is 16.2. The van der Waals surface area contributed by atoms with Gasteiger partial charge in [-0.15, -0.1) is 0 Å². The van der Waals surface area contributed by atoms with Crippen LogP contribution >= 0.6 is 0 Å². The first-order valence-corrected chi connectivity index (χ1v) is 12.0. The Morgan fingerprint density at radius 3 is 2.14 bits per heavy atom. The van der Waals surface area contributed by atoms with Gasteiger partial charge in [-0.3, -0.25) is 0 Å². The molecule has 1 aromatic heterocycles. The molecule has 0 fully saturated rings. The molecule has 4 aromatic carbocycles. The van der Waals surface area contributed by atoms with Crippen molar-refractivity contribution in [2.45, 2.75) is 53.2 Å². The quantitative estimate of drug-likeness (QED) is 0.283. The van der Waals surface area contributed by atoms with Crippen molar-refractivity contribution >= 4 is 38.5 Å². The van der Waals surface area contributed by atoms with Gasteiger partial charge in [-0.1, -0.05) is 54.1 Å². The Balaban J connectivity index is 1.93. The van der Waals surface area contributed by atoms with E-state index in [9.17, 15) is 9.90 Å². The van der Waals surface area contributed by atoms with Gasteiger partial charge < -0.3 is 14.8 Å². The average molecular weight is 466 g/mol. The van der Waals surface area contributed by atoms with Gasteiger partial charge in [0.1, 0.15) is 0 Å². The molecule has 0 bridgehead atoms. The molecule has 1 atom stereocenters. The molecule has 0 saturated carbocycles. The fourth-order valence-corrected chi connectivity index (χ4v) is 5.21. The van der Waals surface area contributed by atoms with Crippen LogP contribution in [0.5, 0.6) is 0 Å². The van der Waals surface area contributed by atoms with Crippen LogP contribution in [0.2, 0.25) is 0 Å². The van der Waals surface area contributed by atoms with Gasteiger partial charge in [0.05, 0.1) is 11.1 Å². The number of fused-ring (bicyclic) bond motifs is 4. The van der Waals surface area contributed by atoms with Crippen LogP contribution in [0.25, 0.3) is 43.7 Å². The van der Waals surface area contributed by atoms with E-state index in [0.717, 1.165) is 49.6 Å². The molecular formula is C31H31NO3. The molecule has 178 valence electrons. The minimum absolute atomic E-state index is 0.624. The summed E-state index contributed by atoms with van der Waals surface area (Å²) in [5.41, 5.74) is 7.12. The molecule has 4 heteroatoms. The van der Waals surface area contributed by atoms with Crippen molar-refractivity contribution in [1.82, 2.24) is 4.98 Å². The van der Waals surface area contributed by atoms with Gasteiger partial charge in [0.15, 0.2) is 6.10 Å². The molecule has 0 spiro atoms. The fraction of sp³-hybridized carbons (Fsp3) is 0.258. The molecule has 0 aliphatic rings. The highest BCUT2D eigenvalue weighted by molar-refractivity contribution is 6.16. The number of aryl methyl sites for hydroxylation is 3. The van der Waals surface area contributed by atoms with E-state index in [1.54, 1.807) is 0 Å². The molecule has 0 aliphatic heterocycles. The molecule has 4 nitrogen and oxygen atoms in total. The Labute approximate surface area is 205 Å². The van der Waals surface area contributed by atoms with E-state index in [0.29, 0.717) is 5.56 Å². The summed E-state index contributed by atoms with van der Waals surface area (Å²) in [5, 5.41) is 14.9. The summed E-state index contributed by atoms with van der Waals surface area (Å²) in [6, 6.07) is 21.0. The first kappa shape index (κ1) is 23.1. The van der Waals surface area contributed by atoms with E-state index in [1.165, 1.54) is 10.8 Å². The molecule has 0 saturated heterocycles. The number of hydrogen-bond donors (Lipinski definition) is 2. The summed E-state index contributed by atoms with van der Waals surface area (Å²) < 4.78 is 6.18. The Morgan fingerprint density at radius 1 is 0.914 bits per heavy atom. The number of carbonyl (C=O) groups is 1. The maximum Gasteiger partial charge on any atom is 0.337 e. The summed E-state index contributed by atoms with van der Waals surface area (Å²) >= 11 is 0. The lowest BCUT2D eigenvalue weighted by Crippen LogP contribution is -2.28. The van der Waals surface area contributed by atoms with Crippen LogP contribution in [0, 0.1) is 20.8 Å². The highest BCUT2D eigenvalue weighted by Crippen LogP contribution is 2.44. The first-order valence-electron chi connectivity index (χ1n) is 12.0. The standard InChI is InChI=1S/C31H31NO3/c1-17-11-13-20(14-12-17)25-18(2)26-23-15-21-9-7-8-10-22(21)16-24(23)32-28(26)19(3)27(25)29(30(33)34)35-31(4,5)6/h7-16,29,32H,1-6H3,(H,33,34). The molecule has 5 aromatic rings. The normalized spacial score (nSPS) is 13.1. The largest absolute Gasteiger partial charge is 0.479 e. The summed E-state index contributed by atoms with van der Waals surface area (Å²) in [7, 11) is 0. The van der Waals surface area contributed by atoms with Gasteiger partial charge in [-0.05, 0) is 86.7 Å². The highest BCUT2D eigenvalue weighted by Gasteiger charge is 2.33. The van der Waals surface area contributed by atoms with Gasteiger partial charge in [0.2, 0.25) is 0 Å². The second kappa shape index (κ2) is 8.24. The van der Waals surface area contributed by atoms with E-state index in [-0.39, 0.29) is 0 Å². The number of H-pyrrole nitrogens is 1. The molecule has 0 aliphatic carbocycles. The Morgan fingerprint density at radius 2 is 1.54 bits per heavy atom. The number of carboxylic acids is 1. The average Bonchev–Trinajstić information content (AvgIpc) is 3.17. The molecule has 1 heterocycles. The van der Waals surface area contributed by atoms with Crippen molar-refractivity contribution in [3.05, 3.63) is 82.9 Å². The molecular weight excluding hydrogens is 434 g/mol. The predicted molar refractivity (Wildman–Crippen MR) is 144 cm³/mol. The van der Waals surface area contributed by atoms with E-state index >= 15 is 0 Å². The van der Waals surface area contributed by atoms with Gasteiger partial charge in [0.25, 0.3) is 0 Å². The summed E-state index contributed by atoms with van der Waals surface area (Å²) in [6.07, 6.45) is -1.10. The summed E-state index contributed by atoms with van der Waals surface area (Å²) in [5.74, 6) is -0.989. The van der Waals surface area contributed by atoms with Crippen LogP contribution in [-0.2, 0) is 9.53 Å². The zero-order valence-electron chi connectivity index (χ0n) is 21.1. The van der Waals surface area contributed by atoms with Crippen molar-refractivity contribution in [1.29, 1.82) is 0 Å². The van der Waals surface area contributed by atoms with Crippen LogP contribution < -0.4 is 0 Å². The number of rotatable bonds is 4. The minimum Gasteiger partial charge on any atom is -0.479 e. The molecule has 0 amide bonds. The van der Waals surface area contributed by atoms with Crippen molar-refractivity contribution in [2.24, 2.45) is 0 Å². The van der Waals surface area contributed by atoms with Crippen LogP contribution in [0.3, 0.4) is 0 Å². The van der Waals surface area contributed by atoms with Gasteiger partial charge >= 0.3 is 5.97 Å². The molecule has 35 heavy (non-hydrogen) atoms. The number of ether oxygens (including phenoxy) is 1. The number of aromatic amines is 1. The maximum atomic E-state index is 12.6. The van der Waals surface area contributed by atoms with Crippen molar-refractivity contribution in [3.63, 3.8) is 0 Å². The van der Waals surface area contributed by atoms with E-state index in [2.05, 4.69) is 73.4 Å². The van der Waals surface area contributed by atoms with Gasteiger partial charge in [-0.25, -0.2) is 4.79 Å². The number of aromatic nitrogens is 1. The Bertz CT molecular complexity index is 1600. The van der Waals surface area contributed by atoms with E-state index in [4.69, 9.17) is 4.74 Å². The number of hydrogen-bond acceptors (Lipinski definition) is 2. The van der Waals surface area contributed by atoms with Crippen LogP contribution in [0.1, 0.15) is 49.1 Å². The second-order valence-corrected chi connectivity index (χ2v) is 10.5. The zero-order chi connectivity index (χ0) is 25.1. The van der Waals surface area contributed by atoms with E-state index < -0.39 is 17.7 Å². The SMILES string of the molecule is Cc1ccc(-c2c(C(OC(C)(C)C)C(=O)O)c(C)c3[nH]c4cc5ccccc5cc4c3c2C)cc1. The molecule has 0 radical (unpaired) electrons. The molecule has 2 N–H and O–H groups in total. The van der Waals surface area contributed by atoms with E-state index in [1.807, 2.05) is 33.8 Å². The Kier molecular flexibility index (Phi) is 5.45. The van der Waals surface area contributed by atoms with Gasteiger partial charge in [0, 0.05) is 21.9 Å². The third-order valence-corrected chi connectivity index (χ3v) is 6.76. The lowest BCUT2D eigenvalue weighted by atomic mass is 9.85. The third-order valence-electron chi connectivity index (χ3n) is 6.76. The third kappa shape index (κ3) is 3.98. The van der Waals surface area contributed by atoms with Crippen LogP contribution in [0.4, 0.5) is 0 Å². The lowest BCUT2D eigenvalue weighted by Gasteiger charge is -2.29. The number of aliphatic carboxylic acids is 1. The molecule has 1 unspecified atom stereocenters. The second-order valence-electron chi connectivity index (χ2n) is 10.5. The van der Waals surface area contributed by atoms with Crippen molar-refractivity contribution in [2.75, 3.05) is 0 Å². The van der Waals surface area contributed by atoms with Crippen LogP contribution in [0.15, 0.2) is 60.7 Å². The predicted octanol–water partition coefficient (Wildman–Crippen LogP) is 8.01. The minimum atomic E-state index is -1.10. The number of benzene rings is 4. The Hall–Kier alpha value is -3.63. The van der Waals surface area contributed by atoms with Crippen molar-refractivity contribution < 1.29 is 14.6 Å². The molecule has 5 rings (SSSR count). The van der Waals surface area contributed by atoms with Crippen molar-refractivity contribution in [3.8, 4) is 11.1 Å². The monoisotopic (exact) mass is 465 g/mol. The van der Waals surface area contributed by atoms with Crippen LogP contribution in [-0.4, -0.2) is 21.7 Å². The topological polar surface area (TPSA) is 62.3 Å². The fourth-order valence-electron chi connectivity index (χ4n) is 5.21. The summed E-state index contributed by atoms with van der Waals surface area (Å²) in [6.45, 7) is 11.8. The number of carboxylic acid groups (broad SMARTS) is 1. The highest BCUT2D eigenvalue weighted by atomic mass is 16.5.